The topological polar surface area (TPSA) is 69.7 Å². The average Bonchev–Trinajstić information content (AvgIpc) is 2.74. The van der Waals surface area contributed by atoms with E-state index in [1.54, 1.807) is 0 Å². The summed E-state index contributed by atoms with van der Waals surface area (Å²) in [5.41, 5.74) is 0. The largest absolute Gasteiger partial charge is 0.423 e. The first-order valence-electron chi connectivity index (χ1n) is 11.3. The summed E-state index contributed by atoms with van der Waals surface area (Å²) in [6.07, 6.45) is 17.1. The number of unbranched alkanes of at least 4 members (excludes halogenated alkanes) is 12. The van der Waals surface area contributed by atoms with Gasteiger partial charge in [0.25, 0.3) is 10.1 Å². The van der Waals surface area contributed by atoms with E-state index < -0.39 is 16.1 Å². The van der Waals surface area contributed by atoms with E-state index in [2.05, 4.69) is 13.5 Å². The van der Waals surface area contributed by atoms with Gasteiger partial charge in [-0.1, -0.05) is 90.6 Å². The molecule has 0 aliphatic rings. The third-order valence-corrected chi connectivity index (χ3v) is 6.31. The standard InChI is InChI=1S/C24H38O5S/c1-3-5-6-7-8-9-10-11-12-13-14-15-16-21-28-30(26,27)23-19-17-22(18-20-23)29-24(25)4-2/h4,17-20H,2-3,5-16,21H2,1H3. The van der Waals surface area contributed by atoms with Crippen molar-refractivity contribution in [2.24, 2.45) is 0 Å². The molecule has 0 fully saturated rings. The molecule has 0 amide bonds. The Balaban J connectivity index is 2.07. The van der Waals surface area contributed by atoms with E-state index in [1.165, 1.54) is 88.5 Å². The second-order valence-electron chi connectivity index (χ2n) is 7.62. The SMILES string of the molecule is C=CC(=O)Oc1ccc(S(=O)(=O)OCCCCCCCCCCCCCCC)cc1. The molecule has 6 heteroatoms. The lowest BCUT2D eigenvalue weighted by Gasteiger charge is -2.07. The Morgan fingerprint density at radius 1 is 0.833 bits per heavy atom. The molecule has 0 bridgehead atoms. The molecule has 30 heavy (non-hydrogen) atoms. The minimum atomic E-state index is -3.79. The van der Waals surface area contributed by atoms with Gasteiger partial charge in [-0.2, -0.15) is 8.42 Å². The number of carbonyl (C=O) groups excluding carboxylic acids is 1. The highest BCUT2D eigenvalue weighted by atomic mass is 32.2. The molecule has 1 aromatic carbocycles. The molecule has 0 saturated carbocycles. The Kier molecular flexibility index (Phi) is 14.1. The van der Waals surface area contributed by atoms with Gasteiger partial charge in [0.05, 0.1) is 11.5 Å². The lowest BCUT2D eigenvalue weighted by atomic mass is 10.0. The fourth-order valence-corrected chi connectivity index (χ4v) is 4.13. The van der Waals surface area contributed by atoms with Gasteiger partial charge in [0.15, 0.2) is 0 Å². The van der Waals surface area contributed by atoms with Crippen LogP contribution in [0.1, 0.15) is 90.4 Å². The lowest BCUT2D eigenvalue weighted by molar-refractivity contribution is -0.128. The van der Waals surface area contributed by atoms with E-state index >= 15 is 0 Å². The van der Waals surface area contributed by atoms with Crippen LogP contribution in [0, 0.1) is 0 Å². The second kappa shape index (κ2) is 16.1. The molecule has 0 heterocycles. The number of ether oxygens (including phenoxy) is 1. The zero-order valence-corrected chi connectivity index (χ0v) is 19.3. The van der Waals surface area contributed by atoms with E-state index in [1.807, 2.05) is 0 Å². The highest BCUT2D eigenvalue weighted by Gasteiger charge is 2.15. The molecule has 0 aliphatic heterocycles. The Morgan fingerprint density at radius 2 is 1.30 bits per heavy atom. The summed E-state index contributed by atoms with van der Waals surface area (Å²) in [5, 5.41) is 0. The monoisotopic (exact) mass is 438 g/mol. The van der Waals surface area contributed by atoms with E-state index in [4.69, 9.17) is 8.92 Å². The minimum absolute atomic E-state index is 0.0515. The summed E-state index contributed by atoms with van der Waals surface area (Å²) in [7, 11) is -3.79. The first-order valence-corrected chi connectivity index (χ1v) is 12.7. The van der Waals surface area contributed by atoms with E-state index in [-0.39, 0.29) is 17.3 Å². The van der Waals surface area contributed by atoms with Crippen molar-refractivity contribution in [2.75, 3.05) is 6.61 Å². The Bertz CT molecular complexity index is 695. The molecule has 0 unspecified atom stereocenters. The molecule has 0 aliphatic carbocycles. The molecule has 1 aromatic rings. The van der Waals surface area contributed by atoms with Crippen LogP contribution in [0.15, 0.2) is 41.8 Å². The second-order valence-corrected chi connectivity index (χ2v) is 9.23. The molecule has 0 radical (unpaired) electrons. The summed E-state index contributed by atoms with van der Waals surface area (Å²) in [6.45, 7) is 5.75. The van der Waals surface area contributed by atoms with Gasteiger partial charge in [-0.3, -0.25) is 4.18 Å². The zero-order valence-electron chi connectivity index (χ0n) is 18.4. The van der Waals surface area contributed by atoms with Crippen LogP contribution in [0.3, 0.4) is 0 Å². The fraction of sp³-hybridized carbons (Fsp3) is 0.625. The van der Waals surface area contributed by atoms with Crippen molar-refractivity contribution >= 4 is 16.1 Å². The molecular weight excluding hydrogens is 400 g/mol. The summed E-state index contributed by atoms with van der Waals surface area (Å²) in [6, 6.07) is 5.57. The van der Waals surface area contributed by atoms with Crippen LogP contribution in [0.25, 0.3) is 0 Å². The van der Waals surface area contributed by atoms with Crippen molar-refractivity contribution in [3.8, 4) is 5.75 Å². The van der Waals surface area contributed by atoms with Gasteiger partial charge in [0, 0.05) is 6.08 Å². The molecule has 170 valence electrons. The van der Waals surface area contributed by atoms with Crippen LogP contribution < -0.4 is 4.74 Å². The number of benzene rings is 1. The van der Waals surface area contributed by atoms with Gasteiger partial charge in [0.2, 0.25) is 0 Å². The highest BCUT2D eigenvalue weighted by Crippen LogP contribution is 2.19. The zero-order chi connectivity index (χ0) is 22.1. The minimum Gasteiger partial charge on any atom is -0.423 e. The van der Waals surface area contributed by atoms with E-state index in [9.17, 15) is 13.2 Å². The van der Waals surface area contributed by atoms with Crippen LogP contribution in [-0.4, -0.2) is 21.0 Å². The van der Waals surface area contributed by atoms with Crippen LogP contribution in [0.4, 0.5) is 0 Å². The van der Waals surface area contributed by atoms with Gasteiger partial charge in [-0.25, -0.2) is 4.79 Å². The van der Waals surface area contributed by atoms with Crippen molar-refractivity contribution < 1.29 is 22.1 Å². The lowest BCUT2D eigenvalue weighted by Crippen LogP contribution is -2.08. The summed E-state index contributed by atoms with van der Waals surface area (Å²) >= 11 is 0. The molecule has 0 atom stereocenters. The van der Waals surface area contributed by atoms with Crippen LogP contribution in [0.5, 0.6) is 5.75 Å². The van der Waals surface area contributed by atoms with Crippen LogP contribution in [-0.2, 0) is 19.1 Å². The summed E-state index contributed by atoms with van der Waals surface area (Å²) in [5.74, 6) is -0.334. The Labute approximate surface area is 183 Å². The van der Waals surface area contributed by atoms with Crippen molar-refractivity contribution in [1.29, 1.82) is 0 Å². The van der Waals surface area contributed by atoms with Gasteiger partial charge in [-0.05, 0) is 30.7 Å². The Hall–Kier alpha value is -1.66. The van der Waals surface area contributed by atoms with Gasteiger partial charge >= 0.3 is 5.97 Å². The summed E-state index contributed by atoms with van der Waals surface area (Å²) < 4.78 is 34.4. The number of carbonyl (C=O) groups is 1. The number of hydrogen-bond acceptors (Lipinski definition) is 5. The van der Waals surface area contributed by atoms with E-state index in [0.717, 1.165) is 25.3 Å². The van der Waals surface area contributed by atoms with Crippen LogP contribution >= 0.6 is 0 Å². The number of hydrogen-bond donors (Lipinski definition) is 0. The molecular formula is C24H38O5S. The smallest absolute Gasteiger partial charge is 0.335 e. The third kappa shape index (κ3) is 12.1. The van der Waals surface area contributed by atoms with Gasteiger partial charge in [0.1, 0.15) is 5.75 Å². The average molecular weight is 439 g/mol. The van der Waals surface area contributed by atoms with Crippen molar-refractivity contribution in [3.05, 3.63) is 36.9 Å². The molecule has 0 saturated heterocycles. The quantitative estimate of drug-likeness (QED) is 0.0851. The predicted molar refractivity (Wildman–Crippen MR) is 121 cm³/mol. The van der Waals surface area contributed by atoms with Crippen molar-refractivity contribution in [2.45, 2.75) is 95.3 Å². The van der Waals surface area contributed by atoms with Crippen molar-refractivity contribution in [3.63, 3.8) is 0 Å². The van der Waals surface area contributed by atoms with E-state index in [0.29, 0.717) is 0 Å². The third-order valence-electron chi connectivity index (χ3n) is 4.98. The first-order chi connectivity index (χ1) is 14.5. The van der Waals surface area contributed by atoms with Gasteiger partial charge < -0.3 is 4.74 Å². The van der Waals surface area contributed by atoms with Gasteiger partial charge in [-0.15, -0.1) is 0 Å². The number of esters is 1. The maximum absolute atomic E-state index is 12.2. The fourth-order valence-electron chi connectivity index (χ4n) is 3.19. The molecule has 0 N–H and O–H groups in total. The maximum atomic E-state index is 12.2. The molecule has 1 rings (SSSR count). The molecule has 0 spiro atoms. The number of rotatable bonds is 18. The van der Waals surface area contributed by atoms with Crippen LogP contribution in [0.2, 0.25) is 0 Å². The predicted octanol–water partition coefficient (Wildman–Crippen LogP) is 6.57. The molecule has 5 nitrogen and oxygen atoms in total. The first kappa shape index (κ1) is 26.4. The normalized spacial score (nSPS) is 11.4. The summed E-state index contributed by atoms with van der Waals surface area (Å²) in [4.78, 5) is 11.2. The Morgan fingerprint density at radius 3 is 1.77 bits per heavy atom. The molecule has 0 aromatic heterocycles. The van der Waals surface area contributed by atoms with Crippen molar-refractivity contribution in [1.82, 2.24) is 0 Å². The maximum Gasteiger partial charge on any atom is 0.335 e. The highest BCUT2D eigenvalue weighted by molar-refractivity contribution is 7.86.